The molecule has 0 fully saturated rings. The van der Waals surface area contributed by atoms with Crippen molar-refractivity contribution >= 4 is 0 Å². The van der Waals surface area contributed by atoms with Crippen LogP contribution in [-0.4, -0.2) is 0 Å². The van der Waals surface area contributed by atoms with Gasteiger partial charge >= 0.3 is 65.8 Å². The molecule has 0 bridgehead atoms. The van der Waals surface area contributed by atoms with Crippen molar-refractivity contribution in [2.45, 2.75) is 0 Å². The van der Waals surface area contributed by atoms with Crippen molar-refractivity contribution in [3.8, 4) is 0 Å². The van der Waals surface area contributed by atoms with Gasteiger partial charge in [-0.25, -0.2) is 0 Å². The second-order valence-electron chi connectivity index (χ2n) is 0.177. The number of hydrogen-bond donors (Lipinski definition) is 0. The zero-order chi connectivity index (χ0) is 3.58. The first-order valence-electron chi connectivity index (χ1n) is 0.433. The molecule has 0 spiro atoms. The Kier molecular flexibility index (Phi) is 25.4. The van der Waals surface area contributed by atoms with Crippen LogP contribution in [0, 0.1) is 0 Å². The van der Waals surface area contributed by atoms with E-state index in [1.165, 1.54) is 0 Å². The third-order valence-electron chi connectivity index (χ3n) is 0. The second kappa shape index (κ2) is 9.74. The van der Waals surface area contributed by atoms with E-state index in [0.717, 1.165) is 0 Å². The predicted octanol–water partition coefficient (Wildman–Crippen LogP) is -8.49. The molecule has 0 rings (SSSR count). The summed E-state index contributed by atoms with van der Waals surface area (Å²) in [6.07, 6.45) is 0. The molecule has 0 N–H and O–H groups in total. The summed E-state index contributed by atoms with van der Waals surface area (Å²) in [6, 6.07) is 0. The van der Waals surface area contributed by atoms with Crippen LogP contribution >= 0.6 is 0 Å². The molecule has 0 atom stereocenters. The summed E-state index contributed by atoms with van der Waals surface area (Å²) in [4.78, 5) is 0. The van der Waals surface area contributed by atoms with Crippen molar-refractivity contribution in [2.75, 3.05) is 0 Å². The standard InChI is InChI=1S/2Li.3O.Ru/q2*+1;;2*-1;. The van der Waals surface area contributed by atoms with E-state index in [0.29, 0.717) is 0 Å². The van der Waals surface area contributed by atoms with Gasteiger partial charge in [0.1, 0.15) is 0 Å². The molecule has 0 amide bonds. The molecule has 0 aliphatic heterocycles. The first-order chi connectivity index (χ1) is 1.73. The number of hydrogen-bond acceptors (Lipinski definition) is 3. The van der Waals surface area contributed by atoms with Crippen LogP contribution < -0.4 is 45.6 Å². The second-order valence-corrected chi connectivity index (χ2v) is 1.05. The summed E-state index contributed by atoms with van der Waals surface area (Å²) in [6.45, 7) is 0. The zero-order valence-electron chi connectivity index (χ0n) is 3.58. The van der Waals surface area contributed by atoms with Gasteiger partial charge in [-0.15, -0.1) is 0 Å². The van der Waals surface area contributed by atoms with Gasteiger partial charge in [0, 0.05) is 0 Å². The first kappa shape index (κ1) is 15.6. The number of rotatable bonds is 0. The molecule has 0 unspecified atom stereocenters. The Balaban J connectivity index is -0.0000000450. The van der Waals surface area contributed by atoms with Crippen molar-refractivity contribution in [3.63, 3.8) is 0 Å². The van der Waals surface area contributed by atoms with Crippen molar-refractivity contribution in [1.82, 2.24) is 0 Å². The van der Waals surface area contributed by atoms with Crippen molar-refractivity contribution < 1.29 is 65.8 Å². The molecular weight excluding hydrogens is 163 g/mol. The fraction of sp³-hybridized carbons (Fsp3) is 0. The molecule has 6 heteroatoms. The van der Waals surface area contributed by atoms with Crippen LogP contribution in [0.15, 0.2) is 0 Å². The Hall–Kier alpha value is 1.54. The molecule has 0 aliphatic carbocycles. The van der Waals surface area contributed by atoms with Crippen molar-refractivity contribution in [3.05, 3.63) is 0 Å². The Morgan fingerprint density at radius 2 is 1.17 bits per heavy atom. The summed E-state index contributed by atoms with van der Waals surface area (Å²) in [5.74, 6) is 0. The monoisotopic (exact) mass is 164 g/mol. The van der Waals surface area contributed by atoms with Crippen LogP contribution in [0.1, 0.15) is 0 Å². The van der Waals surface area contributed by atoms with E-state index in [2.05, 4.69) is 0 Å². The van der Waals surface area contributed by atoms with Crippen molar-refractivity contribution in [2.24, 2.45) is 0 Å². The van der Waals surface area contributed by atoms with E-state index in [1.807, 2.05) is 0 Å². The third-order valence-corrected chi connectivity index (χ3v) is 0. The van der Waals surface area contributed by atoms with Gasteiger partial charge in [-0.3, -0.25) is 0 Å². The normalized spacial score (nSPS) is 7.33. The van der Waals surface area contributed by atoms with Gasteiger partial charge in [0.25, 0.3) is 0 Å². The van der Waals surface area contributed by atoms with Gasteiger partial charge in [0.05, 0.1) is 0 Å². The fourth-order valence-corrected chi connectivity index (χ4v) is 0. The third kappa shape index (κ3) is 48.2. The minimum atomic E-state index is -3.92. The Labute approximate surface area is 65.4 Å². The van der Waals surface area contributed by atoms with Crippen LogP contribution in [0.2, 0.25) is 0 Å². The Morgan fingerprint density at radius 1 is 1.17 bits per heavy atom. The SMILES string of the molecule is [Li+].[Li+].[O]=[Ru]([O-])[O-]. The van der Waals surface area contributed by atoms with Crippen molar-refractivity contribution in [1.29, 1.82) is 0 Å². The van der Waals surface area contributed by atoms with Gasteiger partial charge in [-0.1, -0.05) is 0 Å². The molecule has 3 nitrogen and oxygen atoms in total. The van der Waals surface area contributed by atoms with Crippen LogP contribution in [-0.2, 0) is 20.2 Å². The molecule has 6 heavy (non-hydrogen) atoms. The van der Waals surface area contributed by atoms with Gasteiger partial charge in [0.15, 0.2) is 0 Å². The maximum atomic E-state index is 8.56. The maximum absolute atomic E-state index is 8.56. The molecule has 0 aromatic carbocycles. The van der Waals surface area contributed by atoms with E-state index < -0.39 is 16.6 Å². The van der Waals surface area contributed by atoms with Crippen LogP contribution in [0.4, 0.5) is 0 Å². The molecule has 0 heterocycles. The van der Waals surface area contributed by atoms with Crippen LogP contribution in [0.3, 0.4) is 0 Å². The van der Waals surface area contributed by atoms with Gasteiger partial charge in [-0.2, -0.15) is 0 Å². The van der Waals surface area contributed by atoms with E-state index in [4.69, 9.17) is 11.4 Å². The summed E-state index contributed by atoms with van der Waals surface area (Å²) in [7, 11) is 0. The summed E-state index contributed by atoms with van der Waals surface area (Å²) in [5.41, 5.74) is 0. The molecule has 0 aromatic heterocycles. The van der Waals surface area contributed by atoms with E-state index in [9.17, 15) is 0 Å². The summed E-state index contributed by atoms with van der Waals surface area (Å²) < 4.78 is 25.7. The van der Waals surface area contributed by atoms with Crippen LogP contribution in [0.25, 0.3) is 0 Å². The van der Waals surface area contributed by atoms with E-state index in [1.54, 1.807) is 0 Å². The molecule has 0 saturated carbocycles. The molecule has 0 saturated heterocycles. The molecular formula is Li2O3Ru. The summed E-state index contributed by atoms with van der Waals surface area (Å²) in [5, 5.41) is 0. The fourth-order valence-electron chi connectivity index (χ4n) is 0. The first-order valence-corrected chi connectivity index (χ1v) is 2.56. The molecule has 0 aliphatic rings. The van der Waals surface area contributed by atoms with Crippen LogP contribution in [0.5, 0.6) is 0 Å². The average Bonchev–Trinajstić information content (AvgIpc) is 0.811. The molecule has 28 valence electrons. The van der Waals surface area contributed by atoms with E-state index in [-0.39, 0.29) is 37.7 Å². The quantitative estimate of drug-likeness (QED) is 0.333. The van der Waals surface area contributed by atoms with Gasteiger partial charge in [0.2, 0.25) is 0 Å². The Bertz CT molecular complexity index is 31.8. The molecule has 0 radical (unpaired) electrons. The summed E-state index contributed by atoms with van der Waals surface area (Å²) >= 11 is -3.92. The van der Waals surface area contributed by atoms with Gasteiger partial charge < -0.3 is 0 Å². The topological polar surface area (TPSA) is 63.2 Å². The average molecular weight is 163 g/mol. The molecule has 0 aromatic rings. The predicted molar refractivity (Wildman–Crippen MR) is 0.686 cm³/mol. The Morgan fingerprint density at radius 3 is 1.17 bits per heavy atom. The zero-order valence-corrected chi connectivity index (χ0v) is 5.32. The minimum absolute atomic E-state index is 0. The van der Waals surface area contributed by atoms with Gasteiger partial charge in [-0.05, 0) is 0 Å². The van der Waals surface area contributed by atoms with E-state index >= 15 is 0 Å².